The highest BCUT2D eigenvalue weighted by atomic mass is 79.9. The Labute approximate surface area is 254 Å². The predicted molar refractivity (Wildman–Crippen MR) is 166 cm³/mol. The maximum Gasteiger partial charge on any atom is 0.164 e. The van der Waals surface area contributed by atoms with Crippen LogP contribution in [0.2, 0.25) is 0 Å². The molecule has 0 aliphatic carbocycles. The van der Waals surface area contributed by atoms with Crippen molar-refractivity contribution in [2.24, 2.45) is 11.8 Å². The number of aryl methyl sites for hydroxylation is 2. The Hall–Kier alpha value is -0.280. The van der Waals surface area contributed by atoms with Gasteiger partial charge in [0.15, 0.2) is 12.6 Å². The molecule has 0 aromatic heterocycles. The van der Waals surface area contributed by atoms with Crippen LogP contribution in [-0.4, -0.2) is 25.8 Å². The van der Waals surface area contributed by atoms with Crippen LogP contribution in [0, 0.1) is 25.7 Å². The van der Waals surface area contributed by atoms with E-state index in [0.29, 0.717) is 13.2 Å². The van der Waals surface area contributed by atoms with Gasteiger partial charge in [-0.15, -0.1) is 0 Å². The summed E-state index contributed by atoms with van der Waals surface area (Å²) in [5, 5.41) is 0. The van der Waals surface area contributed by atoms with E-state index in [1.54, 1.807) is 0 Å². The van der Waals surface area contributed by atoms with E-state index in [4.69, 9.17) is 14.2 Å². The van der Waals surface area contributed by atoms with Crippen LogP contribution < -0.4 is 0 Å². The fourth-order valence-electron chi connectivity index (χ4n) is 5.75. The first-order chi connectivity index (χ1) is 17.8. The molecular formula is C30H34Br4O3. The molecule has 4 rings (SSSR count). The molecule has 3 nitrogen and oxygen atoms in total. The lowest BCUT2D eigenvalue weighted by Crippen LogP contribution is -2.44. The molecule has 2 fully saturated rings. The highest BCUT2D eigenvalue weighted by molar-refractivity contribution is 9.28. The number of allylic oxidation sites excluding steroid dienone is 2. The summed E-state index contributed by atoms with van der Waals surface area (Å²) >= 11 is 14.5. The molecule has 0 saturated carbocycles. The zero-order valence-electron chi connectivity index (χ0n) is 21.2. The molecule has 0 amide bonds. The molecule has 2 aromatic rings. The Morgan fingerprint density at radius 2 is 1.14 bits per heavy atom. The van der Waals surface area contributed by atoms with Crippen LogP contribution in [0.4, 0.5) is 0 Å². The molecule has 7 heteroatoms. The van der Waals surface area contributed by atoms with Gasteiger partial charge in [-0.1, -0.05) is 60.7 Å². The molecule has 37 heavy (non-hydrogen) atoms. The van der Waals surface area contributed by atoms with Gasteiger partial charge in [-0.3, -0.25) is 0 Å². The lowest BCUT2D eigenvalue weighted by molar-refractivity contribution is -0.298. The fraction of sp³-hybridized carbons (Fsp3) is 0.467. The van der Waals surface area contributed by atoms with Crippen LogP contribution in [0.25, 0.3) is 0 Å². The number of rotatable bonds is 8. The highest BCUT2D eigenvalue weighted by Gasteiger charge is 2.40. The molecule has 2 saturated heterocycles. The maximum atomic E-state index is 6.84. The van der Waals surface area contributed by atoms with Gasteiger partial charge in [0.05, 0.1) is 6.78 Å². The van der Waals surface area contributed by atoms with E-state index in [1.165, 1.54) is 22.3 Å². The zero-order valence-corrected chi connectivity index (χ0v) is 27.6. The Kier molecular flexibility index (Phi) is 11.5. The van der Waals surface area contributed by atoms with Gasteiger partial charge in [0.2, 0.25) is 0 Å². The van der Waals surface area contributed by atoms with Gasteiger partial charge in [0.25, 0.3) is 0 Å². The Bertz CT molecular complexity index is 1010. The van der Waals surface area contributed by atoms with Gasteiger partial charge in [-0.2, -0.15) is 0 Å². The van der Waals surface area contributed by atoms with Gasteiger partial charge in [0, 0.05) is 36.9 Å². The fourth-order valence-corrected chi connectivity index (χ4v) is 6.89. The summed E-state index contributed by atoms with van der Waals surface area (Å²) in [5.74, 6) is 0.625. The second kappa shape index (κ2) is 14.4. The molecule has 0 bridgehead atoms. The summed E-state index contributed by atoms with van der Waals surface area (Å²) < 4.78 is 21.4. The second-order valence-electron chi connectivity index (χ2n) is 9.90. The Balaban J connectivity index is 1.65. The largest absolute Gasteiger partial charge is 0.352 e. The molecule has 6 atom stereocenters. The number of benzene rings is 2. The van der Waals surface area contributed by atoms with E-state index in [0.717, 1.165) is 32.5 Å². The topological polar surface area (TPSA) is 27.7 Å². The number of halogens is 4. The van der Waals surface area contributed by atoms with Crippen molar-refractivity contribution in [1.29, 1.82) is 0 Å². The Morgan fingerprint density at radius 1 is 0.730 bits per heavy atom. The Morgan fingerprint density at radius 3 is 1.51 bits per heavy atom. The van der Waals surface area contributed by atoms with Gasteiger partial charge in [0.1, 0.15) is 0 Å². The number of hydrogen-bond acceptors (Lipinski definition) is 3. The molecule has 2 aliphatic heterocycles. The number of hydrogen-bond donors (Lipinski definition) is 0. The van der Waals surface area contributed by atoms with Crippen molar-refractivity contribution in [3.63, 3.8) is 0 Å². The van der Waals surface area contributed by atoms with Crippen LogP contribution >= 0.6 is 63.7 Å². The first kappa shape index (κ1) is 29.7. The maximum absolute atomic E-state index is 6.84. The van der Waals surface area contributed by atoms with Crippen molar-refractivity contribution in [3.05, 3.63) is 89.7 Å². The van der Waals surface area contributed by atoms with Gasteiger partial charge in [-0.05, 0) is 126 Å². The van der Waals surface area contributed by atoms with E-state index >= 15 is 0 Å². The monoisotopic (exact) mass is 758 g/mol. The molecule has 2 heterocycles. The minimum atomic E-state index is -0.353. The van der Waals surface area contributed by atoms with Crippen LogP contribution in [0.3, 0.4) is 0 Å². The third-order valence-electron chi connectivity index (χ3n) is 7.52. The van der Waals surface area contributed by atoms with E-state index < -0.39 is 0 Å². The standard InChI is InChI=1S/C30H34Br4O3/c1-19-9-3-5-11-21(19)25(17-27(31)32)23-13-7-15-35-29(23)37-30-24(14-8-16-36-30)26(18-28(33)34)22-12-6-4-10-20(22)2/h3-6,9-12,17-18,23-26,29-30H,7-8,13-16H2,1-2H3. The minimum absolute atomic E-state index is 0.144. The first-order valence-electron chi connectivity index (χ1n) is 12.9. The summed E-state index contributed by atoms with van der Waals surface area (Å²) in [4.78, 5) is 0. The van der Waals surface area contributed by atoms with Gasteiger partial charge < -0.3 is 14.2 Å². The van der Waals surface area contributed by atoms with Crippen LogP contribution in [-0.2, 0) is 14.2 Å². The second-order valence-corrected chi connectivity index (χ2v) is 15.4. The molecule has 0 spiro atoms. The van der Waals surface area contributed by atoms with Crippen molar-refractivity contribution >= 4 is 63.7 Å². The van der Waals surface area contributed by atoms with Crippen molar-refractivity contribution in [3.8, 4) is 0 Å². The third-order valence-corrected chi connectivity index (χ3v) is 8.58. The predicted octanol–water partition coefficient (Wildman–Crippen LogP) is 9.96. The number of ether oxygens (including phenoxy) is 3. The van der Waals surface area contributed by atoms with Crippen LogP contribution in [0.15, 0.2) is 67.5 Å². The lowest BCUT2D eigenvalue weighted by Gasteiger charge is -2.42. The SMILES string of the molecule is Cc1ccccc1C(C=C(Br)Br)C1CCCOC1OC1OCCCC1C(C=C(Br)Br)c1ccccc1C. The lowest BCUT2D eigenvalue weighted by atomic mass is 9.79. The third kappa shape index (κ3) is 7.90. The van der Waals surface area contributed by atoms with E-state index in [2.05, 4.69) is 138 Å². The summed E-state index contributed by atoms with van der Waals surface area (Å²) in [6.07, 6.45) is 7.84. The summed E-state index contributed by atoms with van der Waals surface area (Å²) in [5.41, 5.74) is 5.14. The quantitative estimate of drug-likeness (QED) is 0.268. The molecular weight excluding hydrogens is 728 g/mol. The van der Waals surface area contributed by atoms with E-state index in [9.17, 15) is 0 Å². The molecule has 0 radical (unpaired) electrons. The molecule has 2 aliphatic rings. The van der Waals surface area contributed by atoms with Crippen molar-refractivity contribution in [2.45, 2.75) is 63.9 Å². The van der Waals surface area contributed by atoms with Crippen molar-refractivity contribution in [2.75, 3.05) is 13.2 Å². The van der Waals surface area contributed by atoms with E-state index in [-0.39, 0.29) is 36.3 Å². The van der Waals surface area contributed by atoms with Gasteiger partial charge in [-0.25, -0.2) is 0 Å². The first-order valence-corrected chi connectivity index (χ1v) is 16.1. The smallest absolute Gasteiger partial charge is 0.164 e. The molecule has 6 unspecified atom stereocenters. The normalized spacial score (nSPS) is 25.7. The van der Waals surface area contributed by atoms with Crippen molar-refractivity contribution in [1.82, 2.24) is 0 Å². The van der Waals surface area contributed by atoms with Crippen LogP contribution in [0.1, 0.15) is 59.8 Å². The van der Waals surface area contributed by atoms with Crippen molar-refractivity contribution < 1.29 is 14.2 Å². The molecule has 200 valence electrons. The molecule has 2 aromatic carbocycles. The van der Waals surface area contributed by atoms with Gasteiger partial charge >= 0.3 is 0 Å². The highest BCUT2D eigenvalue weighted by Crippen LogP contribution is 2.44. The van der Waals surface area contributed by atoms with Crippen LogP contribution in [0.5, 0.6) is 0 Å². The average molecular weight is 762 g/mol. The summed E-state index contributed by atoms with van der Waals surface area (Å²) in [7, 11) is 0. The average Bonchev–Trinajstić information content (AvgIpc) is 2.87. The summed E-state index contributed by atoms with van der Waals surface area (Å²) in [6, 6.07) is 17.2. The minimum Gasteiger partial charge on any atom is -0.352 e. The molecule has 0 N–H and O–H groups in total. The zero-order chi connectivity index (χ0) is 26.4. The van der Waals surface area contributed by atoms with E-state index in [1.807, 2.05) is 0 Å². The summed E-state index contributed by atoms with van der Waals surface area (Å²) in [6.45, 7) is 5.75.